The molecular weight excluding hydrogens is 223 g/mol. The number of ether oxygens (including phenoxy) is 2. The average Bonchev–Trinajstić information content (AvgIpc) is 2.26. The van der Waals surface area contributed by atoms with Gasteiger partial charge in [0.05, 0.1) is 25.4 Å². The van der Waals surface area contributed by atoms with Crippen molar-refractivity contribution in [3.8, 4) is 0 Å². The Kier molecular flexibility index (Phi) is 3.15. The van der Waals surface area contributed by atoms with Gasteiger partial charge in [-0.05, 0) is 24.6 Å². The highest BCUT2D eigenvalue weighted by molar-refractivity contribution is 5.89. The van der Waals surface area contributed by atoms with E-state index in [1.165, 1.54) is 12.1 Å². The van der Waals surface area contributed by atoms with E-state index in [9.17, 15) is 9.18 Å². The van der Waals surface area contributed by atoms with E-state index in [2.05, 4.69) is 0 Å². The molecule has 1 aromatic carbocycles. The largest absolute Gasteiger partial charge is 0.462 e. The molecule has 0 spiro atoms. The van der Waals surface area contributed by atoms with E-state index in [-0.39, 0.29) is 17.6 Å². The molecule has 4 heteroatoms. The molecular formula is C13H15FO3. The molecule has 0 saturated carbocycles. The van der Waals surface area contributed by atoms with E-state index in [0.717, 1.165) is 5.56 Å². The van der Waals surface area contributed by atoms with Crippen molar-refractivity contribution in [2.45, 2.75) is 19.3 Å². The zero-order chi connectivity index (χ0) is 12.5. The molecule has 1 heterocycles. The zero-order valence-corrected chi connectivity index (χ0v) is 9.96. The van der Waals surface area contributed by atoms with E-state index in [1.807, 2.05) is 6.92 Å². The number of hydrogen-bond acceptors (Lipinski definition) is 3. The van der Waals surface area contributed by atoms with Crippen molar-refractivity contribution >= 4 is 5.97 Å². The fourth-order valence-corrected chi connectivity index (χ4v) is 1.84. The van der Waals surface area contributed by atoms with Gasteiger partial charge in [0, 0.05) is 5.41 Å². The zero-order valence-electron chi connectivity index (χ0n) is 9.96. The summed E-state index contributed by atoms with van der Waals surface area (Å²) in [6.45, 7) is 5.12. The molecule has 3 nitrogen and oxygen atoms in total. The quantitative estimate of drug-likeness (QED) is 0.758. The van der Waals surface area contributed by atoms with Gasteiger partial charge in [-0.1, -0.05) is 13.0 Å². The molecule has 0 N–H and O–H groups in total. The Morgan fingerprint density at radius 3 is 2.71 bits per heavy atom. The second kappa shape index (κ2) is 4.45. The molecule has 1 aliphatic rings. The smallest absolute Gasteiger partial charge is 0.341 e. The van der Waals surface area contributed by atoms with Gasteiger partial charge < -0.3 is 9.47 Å². The van der Waals surface area contributed by atoms with Gasteiger partial charge in [0.15, 0.2) is 0 Å². The number of carbonyl (C=O) groups is 1. The highest BCUT2D eigenvalue weighted by Crippen LogP contribution is 2.32. The highest BCUT2D eigenvalue weighted by atomic mass is 19.1. The van der Waals surface area contributed by atoms with Crippen molar-refractivity contribution < 1.29 is 18.7 Å². The number of halogens is 1. The summed E-state index contributed by atoms with van der Waals surface area (Å²) < 4.78 is 23.7. The van der Waals surface area contributed by atoms with Gasteiger partial charge in [-0.25, -0.2) is 9.18 Å². The molecule has 0 unspecified atom stereocenters. The molecule has 0 aliphatic carbocycles. The van der Waals surface area contributed by atoms with E-state index >= 15 is 0 Å². The normalized spacial score (nSPS) is 17.4. The molecule has 0 atom stereocenters. The summed E-state index contributed by atoms with van der Waals surface area (Å²) in [6.07, 6.45) is 0. The molecule has 1 aliphatic heterocycles. The minimum absolute atomic E-state index is 0.0144. The molecule has 0 aromatic heterocycles. The molecule has 17 heavy (non-hydrogen) atoms. The van der Waals surface area contributed by atoms with E-state index < -0.39 is 11.8 Å². The predicted octanol–water partition coefficient (Wildman–Crippen LogP) is 2.29. The fraction of sp³-hybridized carbons (Fsp3) is 0.462. The van der Waals surface area contributed by atoms with Crippen LogP contribution < -0.4 is 0 Å². The van der Waals surface area contributed by atoms with Crippen LogP contribution in [0.2, 0.25) is 0 Å². The molecule has 92 valence electrons. The molecule has 0 amide bonds. The number of esters is 1. The number of carbonyl (C=O) groups excluding carboxylic acids is 1. The topological polar surface area (TPSA) is 35.5 Å². The van der Waals surface area contributed by atoms with Crippen molar-refractivity contribution in [1.82, 2.24) is 0 Å². The van der Waals surface area contributed by atoms with Gasteiger partial charge in [0.2, 0.25) is 0 Å². The lowest BCUT2D eigenvalue weighted by Crippen LogP contribution is -2.43. The predicted molar refractivity (Wildman–Crippen MR) is 60.5 cm³/mol. The summed E-state index contributed by atoms with van der Waals surface area (Å²) in [5, 5.41) is 0. The standard InChI is InChI=1S/C13H15FO3/c1-3-17-12(15)10-5-4-9(6-11(10)14)13(2)7-16-8-13/h4-6H,3,7-8H2,1-2H3. The molecule has 2 rings (SSSR count). The SMILES string of the molecule is CCOC(=O)c1ccc(C2(C)COC2)cc1F. The van der Waals surface area contributed by atoms with E-state index in [4.69, 9.17) is 9.47 Å². The highest BCUT2D eigenvalue weighted by Gasteiger charge is 2.35. The maximum atomic E-state index is 13.8. The van der Waals surface area contributed by atoms with Crippen molar-refractivity contribution in [2.24, 2.45) is 0 Å². The van der Waals surface area contributed by atoms with Gasteiger partial charge in [0.1, 0.15) is 5.82 Å². The van der Waals surface area contributed by atoms with Crippen LogP contribution in [0.15, 0.2) is 18.2 Å². The summed E-state index contributed by atoms with van der Waals surface area (Å²) in [5.41, 5.74) is 0.711. The van der Waals surface area contributed by atoms with Gasteiger partial charge in [-0.15, -0.1) is 0 Å². The average molecular weight is 238 g/mol. The summed E-state index contributed by atoms with van der Waals surface area (Å²) in [4.78, 5) is 11.4. The Morgan fingerprint density at radius 1 is 1.53 bits per heavy atom. The Hall–Kier alpha value is -1.42. The van der Waals surface area contributed by atoms with E-state index in [1.54, 1.807) is 13.0 Å². The minimum atomic E-state index is -0.619. The monoisotopic (exact) mass is 238 g/mol. The summed E-state index contributed by atoms with van der Waals surface area (Å²) in [6, 6.07) is 4.64. The Balaban J connectivity index is 2.25. The Bertz CT molecular complexity index is 438. The van der Waals surface area contributed by atoms with Gasteiger partial charge in [-0.3, -0.25) is 0 Å². The van der Waals surface area contributed by atoms with Crippen molar-refractivity contribution in [3.63, 3.8) is 0 Å². The second-order valence-corrected chi connectivity index (χ2v) is 4.47. The number of rotatable bonds is 3. The van der Waals surface area contributed by atoms with Crippen LogP contribution in [0, 0.1) is 5.82 Å². The minimum Gasteiger partial charge on any atom is -0.462 e. The van der Waals surface area contributed by atoms with Crippen LogP contribution in [-0.2, 0) is 14.9 Å². The van der Waals surface area contributed by atoms with Gasteiger partial charge in [-0.2, -0.15) is 0 Å². The van der Waals surface area contributed by atoms with Crippen LogP contribution >= 0.6 is 0 Å². The van der Waals surface area contributed by atoms with Crippen LogP contribution in [0.5, 0.6) is 0 Å². The third kappa shape index (κ3) is 2.17. The number of hydrogen-bond donors (Lipinski definition) is 0. The lowest BCUT2D eigenvalue weighted by atomic mass is 9.80. The first-order chi connectivity index (χ1) is 8.07. The van der Waals surface area contributed by atoms with E-state index in [0.29, 0.717) is 13.2 Å². The molecule has 1 saturated heterocycles. The van der Waals surface area contributed by atoms with Crippen LogP contribution in [-0.4, -0.2) is 25.8 Å². The lowest BCUT2D eigenvalue weighted by molar-refractivity contribution is -0.0501. The number of benzene rings is 1. The maximum absolute atomic E-state index is 13.8. The first-order valence-electron chi connectivity index (χ1n) is 5.62. The van der Waals surface area contributed by atoms with Crippen molar-refractivity contribution in [1.29, 1.82) is 0 Å². The van der Waals surface area contributed by atoms with Crippen LogP contribution in [0.25, 0.3) is 0 Å². The Morgan fingerprint density at radius 2 is 2.24 bits per heavy atom. The third-order valence-electron chi connectivity index (χ3n) is 3.00. The first-order valence-corrected chi connectivity index (χ1v) is 5.62. The maximum Gasteiger partial charge on any atom is 0.341 e. The molecule has 0 bridgehead atoms. The second-order valence-electron chi connectivity index (χ2n) is 4.47. The summed E-state index contributed by atoms with van der Waals surface area (Å²) >= 11 is 0. The first kappa shape index (κ1) is 12.0. The van der Waals surface area contributed by atoms with Gasteiger partial charge >= 0.3 is 5.97 Å². The third-order valence-corrected chi connectivity index (χ3v) is 3.00. The summed E-state index contributed by atoms with van der Waals surface area (Å²) in [5.74, 6) is -1.15. The van der Waals surface area contributed by atoms with Crippen molar-refractivity contribution in [3.05, 3.63) is 35.1 Å². The van der Waals surface area contributed by atoms with Crippen LogP contribution in [0.3, 0.4) is 0 Å². The van der Waals surface area contributed by atoms with Crippen molar-refractivity contribution in [2.75, 3.05) is 19.8 Å². The van der Waals surface area contributed by atoms with Gasteiger partial charge in [0.25, 0.3) is 0 Å². The molecule has 1 fully saturated rings. The summed E-state index contributed by atoms with van der Waals surface area (Å²) in [7, 11) is 0. The van der Waals surface area contributed by atoms with Crippen LogP contribution in [0.4, 0.5) is 4.39 Å². The fourth-order valence-electron chi connectivity index (χ4n) is 1.84. The Labute approximate surface area is 99.5 Å². The van der Waals surface area contributed by atoms with Crippen LogP contribution in [0.1, 0.15) is 29.8 Å². The molecule has 0 radical (unpaired) electrons. The molecule has 1 aromatic rings. The lowest BCUT2D eigenvalue weighted by Gasteiger charge is -2.38.